The molecule has 0 aromatic carbocycles. The highest BCUT2D eigenvalue weighted by Crippen LogP contribution is 2.21. The second-order valence-electron chi connectivity index (χ2n) is 8.07. The number of methoxy groups -OCH3 is 1. The van der Waals surface area contributed by atoms with Gasteiger partial charge in [0.15, 0.2) is 5.88 Å². The van der Waals surface area contributed by atoms with Crippen molar-refractivity contribution in [3.05, 3.63) is 12.0 Å². The topological polar surface area (TPSA) is 115 Å². The van der Waals surface area contributed by atoms with Crippen LogP contribution >= 0.6 is 0 Å². The molecule has 0 aliphatic carbocycles. The maximum atomic E-state index is 12.7. The van der Waals surface area contributed by atoms with E-state index in [9.17, 15) is 9.90 Å². The van der Waals surface area contributed by atoms with Crippen molar-refractivity contribution in [1.29, 1.82) is 5.41 Å². The van der Waals surface area contributed by atoms with Crippen molar-refractivity contribution in [3.8, 4) is 0 Å². The fourth-order valence-corrected chi connectivity index (χ4v) is 2.65. The number of hydrogen-bond donors (Lipinski definition) is 4. The van der Waals surface area contributed by atoms with Gasteiger partial charge < -0.3 is 25.1 Å². The van der Waals surface area contributed by atoms with Crippen molar-refractivity contribution in [2.75, 3.05) is 40.6 Å². The number of carbonyl (C=O) groups excluding carboxylic acids is 1. The summed E-state index contributed by atoms with van der Waals surface area (Å²) in [5.41, 5.74) is -1.42. The zero-order valence-electron chi connectivity index (χ0n) is 18.5. The number of likely N-dealkylation sites (N-methyl/N-ethyl adjacent to an activating group) is 1. The third kappa shape index (κ3) is 8.26. The van der Waals surface area contributed by atoms with Crippen molar-refractivity contribution in [3.63, 3.8) is 0 Å². The van der Waals surface area contributed by atoms with Gasteiger partial charge in [0.1, 0.15) is 0 Å². The molecule has 0 bridgehead atoms. The van der Waals surface area contributed by atoms with Crippen LogP contribution in [-0.2, 0) is 14.3 Å². The van der Waals surface area contributed by atoms with Crippen LogP contribution in [0, 0.1) is 10.8 Å². The summed E-state index contributed by atoms with van der Waals surface area (Å²) in [7, 11) is 3.53. The maximum Gasteiger partial charge on any atom is 0.246 e. The molecule has 4 N–H and O–H groups in total. The summed E-state index contributed by atoms with van der Waals surface area (Å²) in [5, 5.41) is 29.6. The van der Waals surface area contributed by atoms with Crippen LogP contribution in [0.15, 0.2) is 12.0 Å². The summed E-state index contributed by atoms with van der Waals surface area (Å²) in [5.74, 6) is -0.738. The quantitative estimate of drug-likeness (QED) is 0.201. The van der Waals surface area contributed by atoms with Gasteiger partial charge >= 0.3 is 0 Å². The van der Waals surface area contributed by atoms with Crippen LogP contribution in [0.4, 0.5) is 0 Å². The Kier molecular flexibility index (Phi) is 11.5. The molecule has 0 heterocycles. The smallest absolute Gasteiger partial charge is 0.246 e. The van der Waals surface area contributed by atoms with Gasteiger partial charge in [-0.05, 0) is 33.7 Å². The van der Waals surface area contributed by atoms with Gasteiger partial charge in [-0.2, -0.15) is 0 Å². The van der Waals surface area contributed by atoms with Crippen LogP contribution in [0.2, 0.25) is 0 Å². The number of aliphatic hydroxyl groups is 2. The van der Waals surface area contributed by atoms with Gasteiger partial charge in [0.05, 0.1) is 25.4 Å². The molecule has 0 aliphatic heterocycles. The lowest BCUT2D eigenvalue weighted by molar-refractivity contribution is -0.132. The Morgan fingerprint density at radius 1 is 1.29 bits per heavy atom. The summed E-state index contributed by atoms with van der Waals surface area (Å²) < 4.78 is 10.4. The third-order valence-electron chi connectivity index (χ3n) is 5.06. The van der Waals surface area contributed by atoms with Gasteiger partial charge in [-0.25, -0.2) is 0 Å². The number of aliphatic hydroxyl groups excluding tert-OH is 2. The summed E-state index contributed by atoms with van der Waals surface area (Å²) in [4.78, 5) is 14.7. The number of rotatable bonds is 14. The lowest BCUT2D eigenvalue weighted by Gasteiger charge is -2.39. The lowest BCUT2D eigenvalue weighted by atomic mass is 9.88. The van der Waals surface area contributed by atoms with Crippen LogP contribution in [-0.4, -0.2) is 78.9 Å². The molecule has 28 heavy (non-hydrogen) atoms. The molecule has 0 radical (unpaired) electrons. The Balaban J connectivity index is 5.05. The van der Waals surface area contributed by atoms with Crippen LogP contribution < -0.4 is 5.32 Å². The fraction of sp³-hybridized carbons (Fsp3) is 0.800. The highest BCUT2D eigenvalue weighted by atomic mass is 16.5. The molecule has 0 fully saturated rings. The minimum Gasteiger partial charge on any atom is -0.494 e. The Labute approximate surface area is 169 Å². The number of nitrogens with one attached hydrogen (secondary N) is 2. The van der Waals surface area contributed by atoms with Crippen molar-refractivity contribution in [1.82, 2.24) is 10.2 Å². The van der Waals surface area contributed by atoms with Crippen molar-refractivity contribution in [2.24, 2.45) is 5.41 Å². The first-order chi connectivity index (χ1) is 12.9. The molecule has 0 aromatic rings. The Morgan fingerprint density at radius 2 is 1.89 bits per heavy atom. The molecular weight excluding hydrogens is 362 g/mol. The molecule has 8 nitrogen and oxygen atoms in total. The van der Waals surface area contributed by atoms with Crippen LogP contribution in [0.1, 0.15) is 47.5 Å². The van der Waals surface area contributed by atoms with Gasteiger partial charge in [0.25, 0.3) is 0 Å². The minimum absolute atomic E-state index is 0.0910. The first kappa shape index (κ1) is 26.5. The largest absolute Gasteiger partial charge is 0.494 e. The van der Waals surface area contributed by atoms with Crippen molar-refractivity contribution < 1.29 is 24.5 Å². The van der Waals surface area contributed by atoms with E-state index in [2.05, 4.69) is 12.2 Å². The predicted molar refractivity (Wildman–Crippen MR) is 111 cm³/mol. The molecule has 0 saturated carbocycles. The van der Waals surface area contributed by atoms with Gasteiger partial charge in [-0.3, -0.25) is 15.0 Å². The SMILES string of the molecule is CCC(CCOC)N(C)C(C)(C)C(=O)N/C(O)=C/C(=N)C(C)(C)COCCO. The van der Waals surface area contributed by atoms with Crippen molar-refractivity contribution in [2.45, 2.75) is 59.0 Å². The number of hydrogen-bond acceptors (Lipinski definition) is 7. The number of amides is 1. The van der Waals surface area contributed by atoms with E-state index in [0.717, 1.165) is 12.8 Å². The fourth-order valence-electron chi connectivity index (χ4n) is 2.65. The maximum absolute atomic E-state index is 12.7. The average Bonchev–Trinajstić information content (AvgIpc) is 2.61. The van der Waals surface area contributed by atoms with E-state index in [-0.39, 0.29) is 43.4 Å². The molecule has 0 aliphatic rings. The normalized spacial score (nSPS) is 14.2. The lowest BCUT2D eigenvalue weighted by Crippen LogP contribution is -2.56. The van der Waals surface area contributed by atoms with Gasteiger partial charge in [-0.1, -0.05) is 20.8 Å². The molecule has 1 atom stereocenters. The van der Waals surface area contributed by atoms with E-state index < -0.39 is 11.0 Å². The Morgan fingerprint density at radius 3 is 2.39 bits per heavy atom. The summed E-state index contributed by atoms with van der Waals surface area (Å²) in [6.45, 7) is 10.1. The predicted octanol–water partition coefficient (Wildman–Crippen LogP) is 2.08. The molecule has 1 unspecified atom stereocenters. The van der Waals surface area contributed by atoms with Crippen LogP contribution in [0.3, 0.4) is 0 Å². The molecule has 8 heteroatoms. The Bertz CT molecular complexity index is 532. The minimum atomic E-state index is -0.863. The first-order valence-electron chi connectivity index (χ1n) is 9.65. The van der Waals surface area contributed by atoms with Crippen LogP contribution in [0.25, 0.3) is 0 Å². The third-order valence-corrected chi connectivity index (χ3v) is 5.06. The molecule has 1 amide bonds. The Hall–Kier alpha value is -1.48. The van der Waals surface area contributed by atoms with Gasteiger partial charge in [-0.15, -0.1) is 0 Å². The van der Waals surface area contributed by atoms with E-state index in [0.29, 0.717) is 6.61 Å². The van der Waals surface area contributed by atoms with E-state index in [1.165, 1.54) is 6.08 Å². The van der Waals surface area contributed by atoms with Crippen LogP contribution in [0.5, 0.6) is 0 Å². The first-order valence-corrected chi connectivity index (χ1v) is 9.65. The number of allylic oxidation sites excluding steroid dienone is 1. The molecule has 0 aromatic heterocycles. The number of carbonyl (C=O) groups is 1. The highest BCUT2D eigenvalue weighted by molar-refractivity contribution is 5.98. The summed E-state index contributed by atoms with van der Waals surface area (Å²) in [6, 6.07) is 0.160. The summed E-state index contributed by atoms with van der Waals surface area (Å²) >= 11 is 0. The highest BCUT2D eigenvalue weighted by Gasteiger charge is 2.36. The molecule has 0 rings (SSSR count). The molecule has 0 saturated heterocycles. The second-order valence-corrected chi connectivity index (χ2v) is 8.07. The number of ether oxygens (including phenoxy) is 2. The van der Waals surface area contributed by atoms with Crippen molar-refractivity contribution >= 4 is 11.6 Å². The standard InChI is InChI=1S/C20H39N3O5/c1-8-15(9-11-27-7)23(6)20(4,5)18(26)22-17(25)13-16(21)19(2,3)14-28-12-10-24/h13,15,21,24-25H,8-12,14H2,1-7H3,(H,22,26)/b17-13-,21-16?. The van der Waals surface area contributed by atoms with Gasteiger partial charge in [0, 0.05) is 37.0 Å². The molecule has 164 valence electrons. The second kappa shape index (κ2) is 12.2. The van der Waals surface area contributed by atoms with E-state index in [1.54, 1.807) is 34.8 Å². The van der Waals surface area contributed by atoms with E-state index in [4.69, 9.17) is 20.0 Å². The molecule has 0 spiro atoms. The van der Waals surface area contributed by atoms with E-state index in [1.807, 2.05) is 11.9 Å². The monoisotopic (exact) mass is 401 g/mol. The zero-order valence-corrected chi connectivity index (χ0v) is 18.5. The number of nitrogens with zero attached hydrogens (tertiary/aromatic N) is 1. The van der Waals surface area contributed by atoms with E-state index >= 15 is 0 Å². The average molecular weight is 402 g/mol. The molecular formula is C20H39N3O5. The summed E-state index contributed by atoms with van der Waals surface area (Å²) in [6.07, 6.45) is 2.89. The van der Waals surface area contributed by atoms with Gasteiger partial charge in [0.2, 0.25) is 5.91 Å². The zero-order chi connectivity index (χ0) is 22.0.